The van der Waals surface area contributed by atoms with Crippen LogP contribution in [0.2, 0.25) is 0 Å². The first-order chi connectivity index (χ1) is 9.15. The van der Waals surface area contributed by atoms with Crippen molar-refractivity contribution in [1.29, 1.82) is 0 Å². The van der Waals surface area contributed by atoms with Crippen LogP contribution in [0.4, 0.5) is 0 Å². The second-order valence-electron chi connectivity index (χ2n) is 4.28. The van der Waals surface area contributed by atoms with E-state index >= 15 is 0 Å². The van der Waals surface area contributed by atoms with Crippen molar-refractivity contribution in [3.63, 3.8) is 0 Å². The molecule has 3 rings (SSSR count). The molecule has 0 radical (unpaired) electrons. The SMILES string of the molecule is O=S(=O)(Oc1ccc2[nH]ccc2c1)N1CCOCC1. The van der Waals surface area contributed by atoms with Crippen LogP contribution in [0.25, 0.3) is 10.9 Å². The molecule has 2 aromatic rings. The predicted molar refractivity (Wildman–Crippen MR) is 70.2 cm³/mol. The molecule has 1 aromatic carbocycles. The minimum Gasteiger partial charge on any atom is -0.379 e. The number of hydrogen-bond donors (Lipinski definition) is 1. The van der Waals surface area contributed by atoms with E-state index in [4.69, 9.17) is 8.92 Å². The number of benzene rings is 1. The lowest BCUT2D eigenvalue weighted by molar-refractivity contribution is 0.0698. The monoisotopic (exact) mass is 282 g/mol. The van der Waals surface area contributed by atoms with Crippen molar-refractivity contribution in [3.8, 4) is 5.75 Å². The first-order valence-electron chi connectivity index (χ1n) is 6.00. The Labute approximate surface area is 111 Å². The van der Waals surface area contributed by atoms with E-state index in [1.165, 1.54) is 4.31 Å². The number of nitrogens with one attached hydrogen (secondary N) is 1. The molecular formula is C12H14N2O4S. The standard InChI is InChI=1S/C12H14N2O4S/c15-19(16,14-5-7-17-8-6-14)18-11-1-2-12-10(9-11)3-4-13-12/h1-4,9,13H,5-8H2. The number of nitrogens with zero attached hydrogens (tertiary/aromatic N) is 1. The predicted octanol–water partition coefficient (Wildman–Crippen LogP) is 1.12. The maximum absolute atomic E-state index is 12.1. The second kappa shape index (κ2) is 4.84. The zero-order chi connectivity index (χ0) is 13.3. The van der Waals surface area contributed by atoms with Crippen LogP contribution in [-0.4, -0.2) is 44.0 Å². The number of hydrogen-bond acceptors (Lipinski definition) is 4. The van der Waals surface area contributed by atoms with Crippen LogP contribution in [0.5, 0.6) is 5.75 Å². The topological polar surface area (TPSA) is 71.6 Å². The van der Waals surface area contributed by atoms with Crippen molar-refractivity contribution in [2.24, 2.45) is 0 Å². The summed E-state index contributed by atoms with van der Waals surface area (Å²) in [4.78, 5) is 3.04. The third kappa shape index (κ3) is 2.58. The molecule has 1 aliphatic heterocycles. The van der Waals surface area contributed by atoms with Crippen LogP contribution in [-0.2, 0) is 15.0 Å². The van der Waals surface area contributed by atoms with Gasteiger partial charge in [-0.2, -0.15) is 12.7 Å². The van der Waals surface area contributed by atoms with Gasteiger partial charge in [0.1, 0.15) is 5.75 Å². The molecule has 1 aromatic heterocycles. The number of ether oxygens (including phenoxy) is 1. The van der Waals surface area contributed by atoms with Gasteiger partial charge >= 0.3 is 10.3 Å². The quantitative estimate of drug-likeness (QED) is 0.916. The number of aromatic amines is 1. The summed E-state index contributed by atoms with van der Waals surface area (Å²) in [6.07, 6.45) is 1.80. The van der Waals surface area contributed by atoms with Crippen molar-refractivity contribution < 1.29 is 17.3 Å². The van der Waals surface area contributed by atoms with Crippen molar-refractivity contribution in [1.82, 2.24) is 9.29 Å². The highest BCUT2D eigenvalue weighted by Crippen LogP contribution is 2.22. The fourth-order valence-electron chi connectivity index (χ4n) is 2.03. The zero-order valence-corrected chi connectivity index (χ0v) is 11.0. The second-order valence-corrected chi connectivity index (χ2v) is 5.82. The molecular weight excluding hydrogens is 268 g/mol. The first kappa shape index (κ1) is 12.5. The molecule has 1 aliphatic rings. The van der Waals surface area contributed by atoms with Crippen LogP contribution in [0, 0.1) is 0 Å². The van der Waals surface area contributed by atoms with E-state index in [2.05, 4.69) is 4.98 Å². The van der Waals surface area contributed by atoms with E-state index in [0.29, 0.717) is 32.1 Å². The summed E-state index contributed by atoms with van der Waals surface area (Å²) in [6.45, 7) is 1.46. The van der Waals surface area contributed by atoms with E-state index < -0.39 is 10.3 Å². The number of fused-ring (bicyclic) bond motifs is 1. The first-order valence-corrected chi connectivity index (χ1v) is 7.36. The summed E-state index contributed by atoms with van der Waals surface area (Å²) in [6, 6.07) is 6.99. The Bertz CT molecular complexity index is 674. The summed E-state index contributed by atoms with van der Waals surface area (Å²) in [5, 5.41) is 0.912. The molecule has 6 nitrogen and oxygen atoms in total. The summed E-state index contributed by atoms with van der Waals surface area (Å²) >= 11 is 0. The van der Waals surface area contributed by atoms with E-state index in [-0.39, 0.29) is 0 Å². The van der Waals surface area contributed by atoms with Crippen LogP contribution < -0.4 is 4.18 Å². The van der Waals surface area contributed by atoms with E-state index in [9.17, 15) is 8.42 Å². The van der Waals surface area contributed by atoms with Crippen molar-refractivity contribution in [3.05, 3.63) is 30.5 Å². The van der Waals surface area contributed by atoms with Crippen molar-refractivity contribution in [2.75, 3.05) is 26.3 Å². The van der Waals surface area contributed by atoms with Gasteiger partial charge in [-0.15, -0.1) is 0 Å². The fraction of sp³-hybridized carbons (Fsp3) is 0.333. The van der Waals surface area contributed by atoms with Gasteiger partial charge in [-0.1, -0.05) is 0 Å². The third-order valence-electron chi connectivity index (χ3n) is 3.01. The minimum atomic E-state index is -3.74. The Hall–Kier alpha value is -1.57. The molecule has 0 aliphatic carbocycles. The molecule has 102 valence electrons. The van der Waals surface area contributed by atoms with E-state index in [1.807, 2.05) is 6.07 Å². The lowest BCUT2D eigenvalue weighted by atomic mass is 10.2. The molecule has 0 unspecified atom stereocenters. The molecule has 1 fully saturated rings. The van der Waals surface area contributed by atoms with Crippen LogP contribution >= 0.6 is 0 Å². The Morgan fingerprint density at radius 2 is 2.00 bits per heavy atom. The summed E-state index contributed by atoms with van der Waals surface area (Å²) < 4.78 is 35.7. The molecule has 0 atom stereocenters. The highest BCUT2D eigenvalue weighted by atomic mass is 32.2. The molecule has 1 N–H and O–H groups in total. The minimum absolute atomic E-state index is 0.318. The largest absolute Gasteiger partial charge is 0.385 e. The maximum Gasteiger partial charge on any atom is 0.385 e. The lowest BCUT2D eigenvalue weighted by Crippen LogP contribution is -2.42. The number of rotatable bonds is 3. The van der Waals surface area contributed by atoms with Gasteiger partial charge in [-0.3, -0.25) is 0 Å². The van der Waals surface area contributed by atoms with E-state index in [0.717, 1.165) is 10.9 Å². The average molecular weight is 282 g/mol. The summed E-state index contributed by atoms with van der Waals surface area (Å²) in [5.41, 5.74) is 0.941. The molecule has 19 heavy (non-hydrogen) atoms. The maximum atomic E-state index is 12.1. The van der Waals surface area contributed by atoms with Crippen LogP contribution in [0.1, 0.15) is 0 Å². The van der Waals surface area contributed by atoms with Crippen LogP contribution in [0.3, 0.4) is 0 Å². The van der Waals surface area contributed by atoms with Gasteiger partial charge < -0.3 is 13.9 Å². The molecule has 7 heteroatoms. The molecule has 0 bridgehead atoms. The van der Waals surface area contributed by atoms with Crippen LogP contribution in [0.15, 0.2) is 30.5 Å². The van der Waals surface area contributed by atoms with Gasteiger partial charge in [0.25, 0.3) is 0 Å². The van der Waals surface area contributed by atoms with Crippen molar-refractivity contribution in [2.45, 2.75) is 0 Å². The molecule has 0 saturated carbocycles. The average Bonchev–Trinajstić information content (AvgIpc) is 2.87. The molecule has 1 saturated heterocycles. The Kier molecular flexibility index (Phi) is 3.17. The number of aromatic nitrogens is 1. The van der Waals surface area contributed by atoms with Gasteiger partial charge in [0, 0.05) is 30.2 Å². The normalized spacial score (nSPS) is 17.7. The zero-order valence-electron chi connectivity index (χ0n) is 10.2. The fourth-order valence-corrected chi connectivity index (χ4v) is 3.08. The third-order valence-corrected chi connectivity index (χ3v) is 4.41. The number of H-pyrrole nitrogens is 1. The molecule has 0 spiro atoms. The highest BCUT2D eigenvalue weighted by molar-refractivity contribution is 7.84. The Balaban J connectivity index is 1.82. The van der Waals surface area contributed by atoms with Gasteiger partial charge in [-0.05, 0) is 24.3 Å². The van der Waals surface area contributed by atoms with Gasteiger partial charge in [0.05, 0.1) is 13.2 Å². The highest BCUT2D eigenvalue weighted by Gasteiger charge is 2.26. The lowest BCUT2D eigenvalue weighted by Gasteiger charge is -2.25. The Morgan fingerprint density at radius 1 is 1.21 bits per heavy atom. The van der Waals surface area contributed by atoms with Gasteiger partial charge in [-0.25, -0.2) is 0 Å². The van der Waals surface area contributed by atoms with Crippen molar-refractivity contribution >= 4 is 21.2 Å². The van der Waals surface area contributed by atoms with E-state index in [1.54, 1.807) is 24.4 Å². The molecule has 0 amide bonds. The number of morpholine rings is 1. The Morgan fingerprint density at radius 3 is 2.79 bits per heavy atom. The smallest absolute Gasteiger partial charge is 0.379 e. The summed E-state index contributed by atoms with van der Waals surface area (Å²) in [5.74, 6) is 0.318. The van der Waals surface area contributed by atoms with Gasteiger partial charge in [0.2, 0.25) is 0 Å². The van der Waals surface area contributed by atoms with Gasteiger partial charge in [0.15, 0.2) is 0 Å². The summed E-state index contributed by atoms with van der Waals surface area (Å²) in [7, 11) is -3.74. The molecule has 2 heterocycles.